The summed E-state index contributed by atoms with van der Waals surface area (Å²) < 4.78 is 46.3. The van der Waals surface area contributed by atoms with Crippen LogP contribution in [0.1, 0.15) is 26.4 Å². The third-order valence-electron chi connectivity index (χ3n) is 4.74. The van der Waals surface area contributed by atoms with Gasteiger partial charge in [0, 0.05) is 23.5 Å². The summed E-state index contributed by atoms with van der Waals surface area (Å²) in [7, 11) is 1.23. The second-order valence-electron chi connectivity index (χ2n) is 6.99. The Morgan fingerprint density at radius 2 is 1.79 bits per heavy atom. The predicted octanol–water partition coefficient (Wildman–Crippen LogP) is 4.39. The summed E-state index contributed by atoms with van der Waals surface area (Å²) in [5.41, 5.74) is -0.0265. The number of alkyl halides is 3. The van der Waals surface area contributed by atoms with Crippen LogP contribution in [0.15, 0.2) is 73.2 Å². The Balaban J connectivity index is 1.59. The smallest absolute Gasteiger partial charge is 0.433 e. The zero-order chi connectivity index (χ0) is 24.3. The molecular weight excluding hydrogens is 451 g/mol. The van der Waals surface area contributed by atoms with Crippen molar-refractivity contribution < 1.29 is 27.5 Å². The normalized spacial score (nSPS) is 11.2. The Morgan fingerprint density at radius 3 is 2.44 bits per heavy atom. The molecule has 0 aliphatic heterocycles. The minimum absolute atomic E-state index is 0.0492. The average molecular weight is 467 g/mol. The molecule has 0 bridgehead atoms. The first kappa shape index (κ1) is 22.6. The van der Waals surface area contributed by atoms with Crippen LogP contribution in [0.5, 0.6) is 0 Å². The van der Waals surface area contributed by atoms with Crippen molar-refractivity contribution in [2.24, 2.45) is 0 Å². The fourth-order valence-electron chi connectivity index (χ4n) is 3.11. The molecule has 3 aromatic heterocycles. The quantitative estimate of drug-likeness (QED) is 0.437. The van der Waals surface area contributed by atoms with Crippen LogP contribution in [0.3, 0.4) is 0 Å². The van der Waals surface area contributed by atoms with Crippen LogP contribution in [0, 0.1) is 0 Å². The first-order chi connectivity index (χ1) is 16.3. The fraction of sp³-hybridized carbons (Fsp3) is 0.0870. The summed E-state index contributed by atoms with van der Waals surface area (Å²) in [4.78, 5) is 32.1. The van der Waals surface area contributed by atoms with Gasteiger partial charge in [0.2, 0.25) is 0 Å². The van der Waals surface area contributed by atoms with Crippen molar-refractivity contribution in [3.63, 3.8) is 0 Å². The Bertz CT molecular complexity index is 1340. The summed E-state index contributed by atoms with van der Waals surface area (Å²) in [5.74, 6) is -1.05. The van der Waals surface area contributed by atoms with Crippen molar-refractivity contribution in [3.05, 3.63) is 90.0 Å². The maximum atomic E-state index is 13.6. The van der Waals surface area contributed by atoms with Gasteiger partial charge in [-0.2, -0.15) is 18.3 Å². The number of aromatic nitrogens is 4. The van der Waals surface area contributed by atoms with Gasteiger partial charge in [-0.05, 0) is 48.5 Å². The van der Waals surface area contributed by atoms with Gasteiger partial charge in [0.25, 0.3) is 5.91 Å². The molecule has 0 fully saturated rings. The summed E-state index contributed by atoms with van der Waals surface area (Å²) in [6, 6.07) is 12.7. The number of anilines is 1. The Hall–Kier alpha value is -4.54. The first-order valence-corrected chi connectivity index (χ1v) is 9.80. The summed E-state index contributed by atoms with van der Waals surface area (Å²) in [5, 5.41) is 6.61. The molecule has 3 heterocycles. The Kier molecular flexibility index (Phi) is 6.09. The van der Waals surface area contributed by atoms with E-state index in [4.69, 9.17) is 0 Å². The topological polar surface area (TPSA) is 99.0 Å². The molecule has 1 N–H and O–H groups in total. The standard InChI is InChI=1S/C23H16F3N5O3/c1-34-22(33)15-5-2-4-14(10-15)21(32)29-20-8-7-17(13-28-20)31-19(23(24,25)26)11-18(30-31)16-6-3-9-27-12-16/h2-13H,1H3,(H,28,29,32). The van der Waals surface area contributed by atoms with Gasteiger partial charge in [-0.25, -0.2) is 14.5 Å². The highest BCUT2D eigenvalue weighted by Crippen LogP contribution is 2.34. The van der Waals surface area contributed by atoms with Crippen molar-refractivity contribution in [1.82, 2.24) is 19.7 Å². The number of rotatable bonds is 5. The van der Waals surface area contributed by atoms with Gasteiger partial charge < -0.3 is 10.1 Å². The molecule has 11 heteroatoms. The lowest BCUT2D eigenvalue weighted by Gasteiger charge is -2.11. The lowest BCUT2D eigenvalue weighted by Crippen LogP contribution is -2.15. The molecule has 0 aliphatic rings. The Labute approximate surface area is 191 Å². The number of amides is 1. The number of carbonyl (C=O) groups excluding carboxylic acids is 2. The molecular formula is C23H16F3N5O3. The summed E-state index contributed by atoms with van der Waals surface area (Å²) in [6.07, 6.45) is -0.576. The molecule has 0 atom stereocenters. The van der Waals surface area contributed by atoms with Gasteiger partial charge in [-0.3, -0.25) is 9.78 Å². The minimum Gasteiger partial charge on any atom is -0.465 e. The van der Waals surface area contributed by atoms with Crippen molar-refractivity contribution in [2.75, 3.05) is 12.4 Å². The van der Waals surface area contributed by atoms with E-state index in [0.717, 1.165) is 16.9 Å². The van der Waals surface area contributed by atoms with E-state index in [9.17, 15) is 22.8 Å². The number of ether oxygens (including phenoxy) is 1. The first-order valence-electron chi connectivity index (χ1n) is 9.80. The van der Waals surface area contributed by atoms with Gasteiger partial charge in [0.15, 0.2) is 0 Å². The van der Waals surface area contributed by atoms with Crippen LogP contribution in [0.25, 0.3) is 16.9 Å². The number of halogens is 3. The van der Waals surface area contributed by atoms with E-state index >= 15 is 0 Å². The number of pyridine rings is 2. The van der Waals surface area contributed by atoms with Gasteiger partial charge >= 0.3 is 12.1 Å². The highest BCUT2D eigenvalue weighted by Gasteiger charge is 2.36. The molecule has 1 aromatic carbocycles. The van der Waals surface area contributed by atoms with Crippen molar-refractivity contribution in [3.8, 4) is 16.9 Å². The number of hydrogen-bond donors (Lipinski definition) is 1. The van der Waals surface area contributed by atoms with Crippen molar-refractivity contribution in [1.29, 1.82) is 0 Å². The van der Waals surface area contributed by atoms with Gasteiger partial charge in [0.1, 0.15) is 11.5 Å². The number of methoxy groups -OCH3 is 1. The molecule has 172 valence electrons. The number of hydrogen-bond acceptors (Lipinski definition) is 6. The number of nitrogens with one attached hydrogen (secondary N) is 1. The fourth-order valence-corrected chi connectivity index (χ4v) is 3.11. The number of carbonyl (C=O) groups is 2. The molecule has 0 unspecified atom stereocenters. The molecule has 34 heavy (non-hydrogen) atoms. The van der Waals surface area contributed by atoms with Crippen LogP contribution in [0.4, 0.5) is 19.0 Å². The molecule has 0 spiro atoms. The van der Waals surface area contributed by atoms with E-state index in [-0.39, 0.29) is 28.3 Å². The van der Waals surface area contributed by atoms with Crippen LogP contribution < -0.4 is 5.32 Å². The number of esters is 1. The third kappa shape index (κ3) is 4.77. The summed E-state index contributed by atoms with van der Waals surface area (Å²) >= 11 is 0. The molecule has 0 saturated heterocycles. The molecule has 0 saturated carbocycles. The van der Waals surface area contributed by atoms with E-state index in [1.807, 2.05) is 0 Å². The predicted molar refractivity (Wildman–Crippen MR) is 115 cm³/mol. The lowest BCUT2D eigenvalue weighted by molar-refractivity contribution is -0.142. The van der Waals surface area contributed by atoms with Crippen LogP contribution in [-0.2, 0) is 10.9 Å². The van der Waals surface area contributed by atoms with Crippen molar-refractivity contribution >= 4 is 17.7 Å². The molecule has 4 aromatic rings. The zero-order valence-electron chi connectivity index (χ0n) is 17.6. The second kappa shape index (κ2) is 9.14. The minimum atomic E-state index is -4.66. The lowest BCUT2D eigenvalue weighted by atomic mass is 10.1. The van der Waals surface area contributed by atoms with Crippen LogP contribution >= 0.6 is 0 Å². The van der Waals surface area contributed by atoms with Gasteiger partial charge in [-0.15, -0.1) is 0 Å². The van der Waals surface area contributed by atoms with Gasteiger partial charge in [0.05, 0.1) is 30.3 Å². The molecule has 8 nitrogen and oxygen atoms in total. The number of benzene rings is 1. The average Bonchev–Trinajstić information content (AvgIpc) is 3.31. The Morgan fingerprint density at radius 1 is 1.00 bits per heavy atom. The highest BCUT2D eigenvalue weighted by atomic mass is 19.4. The monoisotopic (exact) mass is 467 g/mol. The third-order valence-corrected chi connectivity index (χ3v) is 4.74. The summed E-state index contributed by atoms with van der Waals surface area (Å²) in [6.45, 7) is 0. The van der Waals surface area contributed by atoms with Crippen LogP contribution in [0.2, 0.25) is 0 Å². The molecule has 0 radical (unpaired) electrons. The SMILES string of the molecule is COC(=O)c1cccc(C(=O)Nc2ccc(-n3nc(-c4cccnc4)cc3C(F)(F)F)cn2)c1. The van der Waals surface area contributed by atoms with E-state index < -0.39 is 23.7 Å². The highest BCUT2D eigenvalue weighted by molar-refractivity contribution is 6.05. The zero-order valence-corrected chi connectivity index (χ0v) is 17.6. The molecule has 0 aliphatic carbocycles. The van der Waals surface area contributed by atoms with Gasteiger partial charge in [-0.1, -0.05) is 6.07 Å². The van der Waals surface area contributed by atoms with E-state index in [1.54, 1.807) is 12.1 Å². The molecule has 1 amide bonds. The second-order valence-corrected chi connectivity index (χ2v) is 6.99. The van der Waals surface area contributed by atoms with E-state index in [1.165, 1.54) is 55.9 Å². The van der Waals surface area contributed by atoms with E-state index in [0.29, 0.717) is 5.56 Å². The van der Waals surface area contributed by atoms with Crippen LogP contribution in [-0.4, -0.2) is 38.7 Å². The van der Waals surface area contributed by atoms with Crippen molar-refractivity contribution in [2.45, 2.75) is 6.18 Å². The largest absolute Gasteiger partial charge is 0.465 e. The molecule has 4 rings (SSSR count). The van der Waals surface area contributed by atoms with E-state index in [2.05, 4.69) is 25.1 Å². The maximum absolute atomic E-state index is 13.6. The maximum Gasteiger partial charge on any atom is 0.433 e. The number of nitrogens with zero attached hydrogens (tertiary/aromatic N) is 4.